The molecule has 0 fully saturated rings. The lowest BCUT2D eigenvalue weighted by Crippen LogP contribution is -2.05. The Balaban J connectivity index is 2.07. The standard InChI is InChI=1S/C16H19NO2S/c1-3-12-7-5-6-8-14(12)16-17-13(11-20-16)9-10-15(18)19-4-2/h5-8,11H,3-4,9-10H2,1-2H3. The van der Waals surface area contributed by atoms with E-state index in [-0.39, 0.29) is 5.97 Å². The molecule has 0 bridgehead atoms. The van der Waals surface area contributed by atoms with E-state index < -0.39 is 0 Å². The Morgan fingerprint density at radius 3 is 2.85 bits per heavy atom. The number of rotatable bonds is 6. The molecule has 0 saturated heterocycles. The summed E-state index contributed by atoms with van der Waals surface area (Å²) in [6, 6.07) is 8.33. The number of benzene rings is 1. The maximum Gasteiger partial charge on any atom is 0.306 e. The van der Waals surface area contributed by atoms with Gasteiger partial charge in [-0.2, -0.15) is 0 Å². The van der Waals surface area contributed by atoms with Crippen LogP contribution in [0.4, 0.5) is 0 Å². The van der Waals surface area contributed by atoms with E-state index in [2.05, 4.69) is 30.1 Å². The average molecular weight is 289 g/mol. The molecule has 20 heavy (non-hydrogen) atoms. The maximum atomic E-state index is 11.3. The molecule has 3 nitrogen and oxygen atoms in total. The predicted molar refractivity (Wildman–Crippen MR) is 81.9 cm³/mol. The molecule has 0 aliphatic carbocycles. The van der Waals surface area contributed by atoms with E-state index in [1.54, 1.807) is 11.3 Å². The highest BCUT2D eigenvalue weighted by Gasteiger charge is 2.09. The minimum atomic E-state index is -0.156. The highest BCUT2D eigenvalue weighted by molar-refractivity contribution is 7.13. The third-order valence-electron chi connectivity index (χ3n) is 3.07. The molecule has 1 aromatic heterocycles. The SMILES string of the molecule is CCOC(=O)CCc1csc(-c2ccccc2CC)n1. The number of hydrogen-bond acceptors (Lipinski definition) is 4. The van der Waals surface area contributed by atoms with Gasteiger partial charge in [-0.3, -0.25) is 4.79 Å². The summed E-state index contributed by atoms with van der Waals surface area (Å²) >= 11 is 1.63. The van der Waals surface area contributed by atoms with Crippen molar-refractivity contribution >= 4 is 17.3 Å². The fraction of sp³-hybridized carbons (Fsp3) is 0.375. The summed E-state index contributed by atoms with van der Waals surface area (Å²) in [5.41, 5.74) is 3.46. The number of aromatic nitrogens is 1. The molecule has 106 valence electrons. The van der Waals surface area contributed by atoms with E-state index in [9.17, 15) is 4.79 Å². The van der Waals surface area contributed by atoms with Crippen LogP contribution in [0.3, 0.4) is 0 Å². The first kappa shape index (κ1) is 14.7. The van der Waals surface area contributed by atoms with Crippen LogP contribution in [0.5, 0.6) is 0 Å². The molecule has 0 amide bonds. The van der Waals surface area contributed by atoms with Gasteiger partial charge in [0.25, 0.3) is 0 Å². The summed E-state index contributed by atoms with van der Waals surface area (Å²) in [6.45, 7) is 4.40. The number of aryl methyl sites for hydroxylation is 2. The number of carbonyl (C=O) groups is 1. The molecule has 0 aliphatic heterocycles. The number of hydrogen-bond donors (Lipinski definition) is 0. The molecule has 0 radical (unpaired) electrons. The summed E-state index contributed by atoms with van der Waals surface area (Å²) in [5, 5.41) is 3.06. The molecular formula is C16H19NO2S. The lowest BCUT2D eigenvalue weighted by Gasteiger charge is -2.03. The zero-order chi connectivity index (χ0) is 14.4. The normalized spacial score (nSPS) is 10.5. The van der Waals surface area contributed by atoms with Crippen molar-refractivity contribution in [1.29, 1.82) is 0 Å². The van der Waals surface area contributed by atoms with Gasteiger partial charge in [-0.1, -0.05) is 31.2 Å². The van der Waals surface area contributed by atoms with Crippen molar-refractivity contribution < 1.29 is 9.53 Å². The second-order valence-electron chi connectivity index (χ2n) is 4.46. The second kappa shape index (κ2) is 7.20. The Kier molecular flexibility index (Phi) is 5.30. The molecule has 0 N–H and O–H groups in total. The monoisotopic (exact) mass is 289 g/mol. The number of carbonyl (C=O) groups excluding carboxylic acids is 1. The van der Waals surface area contributed by atoms with Crippen molar-refractivity contribution in [3.05, 3.63) is 40.9 Å². The van der Waals surface area contributed by atoms with Crippen molar-refractivity contribution in [2.75, 3.05) is 6.61 Å². The summed E-state index contributed by atoms with van der Waals surface area (Å²) in [7, 11) is 0. The van der Waals surface area contributed by atoms with Gasteiger partial charge in [-0.05, 0) is 18.9 Å². The Morgan fingerprint density at radius 2 is 2.10 bits per heavy atom. The quantitative estimate of drug-likeness (QED) is 0.758. The Morgan fingerprint density at radius 1 is 1.30 bits per heavy atom. The lowest BCUT2D eigenvalue weighted by atomic mass is 10.1. The third-order valence-corrected chi connectivity index (χ3v) is 4.00. The van der Waals surface area contributed by atoms with Crippen LogP contribution in [0, 0.1) is 0 Å². The Hall–Kier alpha value is -1.68. The fourth-order valence-electron chi connectivity index (χ4n) is 2.05. The smallest absolute Gasteiger partial charge is 0.306 e. The van der Waals surface area contributed by atoms with Gasteiger partial charge in [-0.15, -0.1) is 11.3 Å². The van der Waals surface area contributed by atoms with Crippen LogP contribution in [0.15, 0.2) is 29.6 Å². The van der Waals surface area contributed by atoms with Crippen LogP contribution in [0.2, 0.25) is 0 Å². The summed E-state index contributed by atoms with van der Waals surface area (Å²) in [4.78, 5) is 16.0. The summed E-state index contributed by atoms with van der Waals surface area (Å²) in [6.07, 6.45) is 2.03. The minimum absolute atomic E-state index is 0.156. The van der Waals surface area contributed by atoms with Gasteiger partial charge >= 0.3 is 5.97 Å². The van der Waals surface area contributed by atoms with Crippen LogP contribution in [0.25, 0.3) is 10.6 Å². The summed E-state index contributed by atoms with van der Waals surface area (Å²) in [5.74, 6) is -0.156. The molecular weight excluding hydrogens is 270 g/mol. The fourth-order valence-corrected chi connectivity index (χ4v) is 2.96. The first-order valence-corrected chi connectivity index (χ1v) is 7.80. The van der Waals surface area contributed by atoms with E-state index in [1.807, 2.05) is 18.4 Å². The van der Waals surface area contributed by atoms with Crippen molar-refractivity contribution in [3.8, 4) is 10.6 Å². The van der Waals surface area contributed by atoms with E-state index in [1.165, 1.54) is 11.1 Å². The van der Waals surface area contributed by atoms with E-state index >= 15 is 0 Å². The topological polar surface area (TPSA) is 39.2 Å². The summed E-state index contributed by atoms with van der Waals surface area (Å²) < 4.78 is 4.93. The maximum absolute atomic E-state index is 11.3. The largest absolute Gasteiger partial charge is 0.466 e. The number of nitrogens with zero attached hydrogens (tertiary/aromatic N) is 1. The minimum Gasteiger partial charge on any atom is -0.466 e. The molecule has 1 heterocycles. The molecule has 0 aliphatic rings. The number of thiazole rings is 1. The van der Waals surface area contributed by atoms with E-state index in [4.69, 9.17) is 4.74 Å². The van der Waals surface area contributed by atoms with Gasteiger partial charge in [0, 0.05) is 17.4 Å². The Bertz CT molecular complexity index is 577. The molecule has 2 rings (SSSR count). The predicted octanol–water partition coefficient (Wildman–Crippen LogP) is 3.87. The van der Waals surface area contributed by atoms with E-state index in [0.717, 1.165) is 17.1 Å². The van der Waals surface area contributed by atoms with Crippen molar-refractivity contribution in [1.82, 2.24) is 4.98 Å². The molecule has 0 spiro atoms. The highest BCUT2D eigenvalue weighted by Crippen LogP contribution is 2.27. The Labute approximate surface area is 123 Å². The number of esters is 1. The van der Waals surface area contributed by atoms with Crippen LogP contribution < -0.4 is 0 Å². The van der Waals surface area contributed by atoms with Crippen LogP contribution in [-0.4, -0.2) is 17.6 Å². The van der Waals surface area contributed by atoms with Gasteiger partial charge in [0.05, 0.1) is 18.7 Å². The third kappa shape index (κ3) is 3.67. The zero-order valence-electron chi connectivity index (χ0n) is 11.9. The molecule has 0 unspecified atom stereocenters. The van der Waals surface area contributed by atoms with Gasteiger partial charge in [-0.25, -0.2) is 4.98 Å². The second-order valence-corrected chi connectivity index (χ2v) is 5.32. The molecule has 1 aromatic carbocycles. The first-order chi connectivity index (χ1) is 9.74. The zero-order valence-corrected chi connectivity index (χ0v) is 12.7. The lowest BCUT2D eigenvalue weighted by molar-refractivity contribution is -0.143. The van der Waals surface area contributed by atoms with Gasteiger partial charge in [0.15, 0.2) is 0 Å². The van der Waals surface area contributed by atoms with Crippen LogP contribution >= 0.6 is 11.3 Å². The van der Waals surface area contributed by atoms with E-state index in [0.29, 0.717) is 19.4 Å². The van der Waals surface area contributed by atoms with Gasteiger partial charge in [0.2, 0.25) is 0 Å². The first-order valence-electron chi connectivity index (χ1n) is 6.92. The van der Waals surface area contributed by atoms with Crippen molar-refractivity contribution in [2.45, 2.75) is 33.1 Å². The highest BCUT2D eigenvalue weighted by atomic mass is 32.1. The molecule has 4 heteroatoms. The molecule has 0 saturated carbocycles. The average Bonchev–Trinajstić information content (AvgIpc) is 2.94. The van der Waals surface area contributed by atoms with Crippen molar-refractivity contribution in [2.24, 2.45) is 0 Å². The van der Waals surface area contributed by atoms with Gasteiger partial charge in [0.1, 0.15) is 5.01 Å². The van der Waals surface area contributed by atoms with Crippen LogP contribution in [0.1, 0.15) is 31.5 Å². The van der Waals surface area contributed by atoms with Gasteiger partial charge < -0.3 is 4.74 Å². The molecule has 2 aromatic rings. The molecule has 0 atom stereocenters. The van der Waals surface area contributed by atoms with Crippen LogP contribution in [-0.2, 0) is 22.4 Å². The van der Waals surface area contributed by atoms with Crippen molar-refractivity contribution in [3.63, 3.8) is 0 Å². The number of ether oxygens (including phenoxy) is 1.